The number of hydrogen-bond acceptors (Lipinski definition) is 2. The SMILES string of the molecule is COc1ccc(Br)c2cn(C)nc12. The molecule has 2 aromatic rings. The van der Waals surface area contributed by atoms with Crippen molar-refractivity contribution in [2.45, 2.75) is 0 Å². The second kappa shape index (κ2) is 3.03. The van der Waals surface area contributed by atoms with Crippen molar-refractivity contribution in [3.05, 3.63) is 22.8 Å². The second-order valence-corrected chi connectivity index (χ2v) is 3.67. The van der Waals surface area contributed by atoms with Crippen molar-refractivity contribution < 1.29 is 4.74 Å². The van der Waals surface area contributed by atoms with Crippen molar-refractivity contribution in [3.63, 3.8) is 0 Å². The predicted molar refractivity (Wildman–Crippen MR) is 55.0 cm³/mol. The zero-order valence-electron chi connectivity index (χ0n) is 7.41. The van der Waals surface area contributed by atoms with Gasteiger partial charge in [-0.15, -0.1) is 0 Å². The van der Waals surface area contributed by atoms with E-state index in [4.69, 9.17) is 4.74 Å². The van der Waals surface area contributed by atoms with Gasteiger partial charge < -0.3 is 4.74 Å². The summed E-state index contributed by atoms with van der Waals surface area (Å²) < 4.78 is 8.01. The Morgan fingerprint density at radius 3 is 2.92 bits per heavy atom. The van der Waals surface area contributed by atoms with E-state index >= 15 is 0 Å². The lowest BCUT2D eigenvalue weighted by Gasteiger charge is -2.00. The van der Waals surface area contributed by atoms with Crippen LogP contribution in [0.1, 0.15) is 0 Å². The second-order valence-electron chi connectivity index (χ2n) is 2.81. The highest BCUT2D eigenvalue weighted by Gasteiger charge is 2.07. The van der Waals surface area contributed by atoms with Crippen LogP contribution in [0.3, 0.4) is 0 Å². The number of aromatic nitrogens is 2. The van der Waals surface area contributed by atoms with Crippen LogP contribution in [0.15, 0.2) is 22.8 Å². The molecule has 0 saturated carbocycles. The zero-order chi connectivity index (χ0) is 9.42. The molecule has 3 nitrogen and oxygen atoms in total. The maximum atomic E-state index is 5.20. The molecule has 1 heterocycles. The molecule has 68 valence electrons. The fourth-order valence-corrected chi connectivity index (χ4v) is 1.75. The van der Waals surface area contributed by atoms with Crippen LogP contribution in [0, 0.1) is 0 Å². The summed E-state index contributed by atoms with van der Waals surface area (Å²) >= 11 is 3.46. The van der Waals surface area contributed by atoms with E-state index in [2.05, 4.69) is 21.0 Å². The first-order valence-corrected chi connectivity index (χ1v) is 4.67. The molecule has 1 aromatic carbocycles. The minimum Gasteiger partial charge on any atom is -0.494 e. The third kappa shape index (κ3) is 1.31. The summed E-state index contributed by atoms with van der Waals surface area (Å²) in [7, 11) is 3.54. The van der Waals surface area contributed by atoms with Crippen LogP contribution in [0.25, 0.3) is 10.9 Å². The Morgan fingerprint density at radius 2 is 2.23 bits per heavy atom. The van der Waals surface area contributed by atoms with Crippen molar-refractivity contribution in [3.8, 4) is 5.75 Å². The molecule has 1 aromatic heterocycles. The minimum absolute atomic E-state index is 0.804. The van der Waals surface area contributed by atoms with Gasteiger partial charge in [0.25, 0.3) is 0 Å². The van der Waals surface area contributed by atoms with Gasteiger partial charge in [-0.1, -0.05) is 15.9 Å². The number of methoxy groups -OCH3 is 1. The minimum atomic E-state index is 0.804. The summed E-state index contributed by atoms with van der Waals surface area (Å²) in [4.78, 5) is 0. The first-order chi connectivity index (χ1) is 6.22. The molecule has 0 aliphatic carbocycles. The quantitative estimate of drug-likeness (QED) is 0.766. The van der Waals surface area contributed by atoms with E-state index in [0.29, 0.717) is 0 Å². The molecule has 0 radical (unpaired) electrons. The van der Waals surface area contributed by atoms with Gasteiger partial charge in [-0.05, 0) is 12.1 Å². The van der Waals surface area contributed by atoms with Gasteiger partial charge in [0, 0.05) is 23.1 Å². The van der Waals surface area contributed by atoms with Crippen LogP contribution in [0.4, 0.5) is 0 Å². The molecule has 0 atom stereocenters. The molecule has 0 aliphatic rings. The Hall–Kier alpha value is -1.03. The third-order valence-electron chi connectivity index (χ3n) is 1.92. The topological polar surface area (TPSA) is 27.1 Å². The highest BCUT2D eigenvalue weighted by Crippen LogP contribution is 2.29. The van der Waals surface area contributed by atoms with Crippen molar-refractivity contribution in [1.82, 2.24) is 9.78 Å². The molecule has 0 spiro atoms. The highest BCUT2D eigenvalue weighted by atomic mass is 79.9. The monoisotopic (exact) mass is 240 g/mol. The Balaban J connectivity index is 2.83. The van der Waals surface area contributed by atoms with E-state index in [0.717, 1.165) is 21.1 Å². The maximum Gasteiger partial charge on any atom is 0.147 e. The molecular weight excluding hydrogens is 232 g/mol. The number of benzene rings is 1. The molecule has 0 amide bonds. The highest BCUT2D eigenvalue weighted by molar-refractivity contribution is 9.10. The first kappa shape index (κ1) is 8.56. The van der Waals surface area contributed by atoms with Gasteiger partial charge in [0.2, 0.25) is 0 Å². The van der Waals surface area contributed by atoms with Crippen molar-refractivity contribution in [2.75, 3.05) is 7.11 Å². The number of halogens is 1. The average molecular weight is 241 g/mol. The van der Waals surface area contributed by atoms with Crippen molar-refractivity contribution in [1.29, 1.82) is 0 Å². The van der Waals surface area contributed by atoms with Crippen LogP contribution in [0.5, 0.6) is 5.75 Å². The Bertz CT molecular complexity index is 450. The number of rotatable bonds is 1. The van der Waals surface area contributed by atoms with Crippen LogP contribution < -0.4 is 4.74 Å². The van der Waals surface area contributed by atoms with Crippen LogP contribution in [-0.4, -0.2) is 16.9 Å². The summed E-state index contributed by atoms with van der Waals surface area (Å²) in [5.41, 5.74) is 0.888. The number of aryl methyl sites for hydroxylation is 1. The zero-order valence-corrected chi connectivity index (χ0v) is 9.00. The average Bonchev–Trinajstić information content (AvgIpc) is 2.48. The molecule has 0 aliphatic heterocycles. The van der Waals surface area contributed by atoms with Crippen LogP contribution in [0.2, 0.25) is 0 Å². The lowest BCUT2D eigenvalue weighted by Crippen LogP contribution is -1.87. The van der Waals surface area contributed by atoms with Crippen molar-refractivity contribution >= 4 is 26.8 Å². The fourth-order valence-electron chi connectivity index (χ4n) is 1.33. The molecule has 0 N–H and O–H groups in total. The largest absolute Gasteiger partial charge is 0.494 e. The van der Waals surface area contributed by atoms with Crippen LogP contribution in [-0.2, 0) is 7.05 Å². The van der Waals surface area contributed by atoms with Gasteiger partial charge in [0.05, 0.1) is 7.11 Å². The molecule has 2 rings (SSSR count). The lowest BCUT2D eigenvalue weighted by atomic mass is 10.2. The van der Waals surface area contributed by atoms with Gasteiger partial charge in [0.15, 0.2) is 0 Å². The van der Waals surface area contributed by atoms with Gasteiger partial charge in [-0.2, -0.15) is 5.10 Å². The normalized spacial score (nSPS) is 10.7. The predicted octanol–water partition coefficient (Wildman–Crippen LogP) is 2.34. The van der Waals surface area contributed by atoms with E-state index in [1.807, 2.05) is 25.4 Å². The molecule has 4 heteroatoms. The number of ether oxygens (including phenoxy) is 1. The van der Waals surface area contributed by atoms with E-state index in [-0.39, 0.29) is 0 Å². The summed E-state index contributed by atoms with van der Waals surface area (Å²) in [6, 6.07) is 3.86. The molecular formula is C9H9BrN2O. The third-order valence-corrected chi connectivity index (χ3v) is 2.61. The van der Waals surface area contributed by atoms with Gasteiger partial charge in [0.1, 0.15) is 11.3 Å². The number of hydrogen-bond donors (Lipinski definition) is 0. The van der Waals surface area contributed by atoms with E-state index < -0.39 is 0 Å². The summed E-state index contributed by atoms with van der Waals surface area (Å²) in [6.07, 6.45) is 1.96. The molecule has 0 unspecified atom stereocenters. The number of fused-ring (bicyclic) bond motifs is 1. The molecule has 0 saturated heterocycles. The van der Waals surface area contributed by atoms with Crippen molar-refractivity contribution in [2.24, 2.45) is 7.05 Å². The van der Waals surface area contributed by atoms with Gasteiger partial charge in [-0.3, -0.25) is 4.68 Å². The van der Waals surface area contributed by atoms with Gasteiger partial charge in [-0.25, -0.2) is 0 Å². The first-order valence-electron chi connectivity index (χ1n) is 3.88. The summed E-state index contributed by atoms with van der Waals surface area (Å²) in [5.74, 6) is 0.804. The van der Waals surface area contributed by atoms with E-state index in [9.17, 15) is 0 Å². The molecule has 0 fully saturated rings. The standard InChI is InChI=1S/C9H9BrN2O/c1-12-5-6-7(10)3-4-8(13-2)9(6)11-12/h3-5H,1-2H3. The Morgan fingerprint density at radius 1 is 1.46 bits per heavy atom. The van der Waals surface area contributed by atoms with E-state index in [1.165, 1.54) is 0 Å². The summed E-state index contributed by atoms with van der Waals surface area (Å²) in [6.45, 7) is 0. The molecule has 13 heavy (non-hydrogen) atoms. The van der Waals surface area contributed by atoms with E-state index in [1.54, 1.807) is 11.8 Å². The number of nitrogens with zero attached hydrogens (tertiary/aromatic N) is 2. The van der Waals surface area contributed by atoms with Crippen LogP contribution >= 0.6 is 15.9 Å². The molecule has 0 bridgehead atoms. The maximum absolute atomic E-state index is 5.20. The van der Waals surface area contributed by atoms with Gasteiger partial charge >= 0.3 is 0 Å². The fraction of sp³-hybridized carbons (Fsp3) is 0.222. The lowest BCUT2D eigenvalue weighted by molar-refractivity contribution is 0.418. The summed E-state index contributed by atoms with van der Waals surface area (Å²) in [5, 5.41) is 5.38. The smallest absolute Gasteiger partial charge is 0.147 e. The Kier molecular flexibility index (Phi) is 2.00. The Labute approximate surface area is 84.4 Å².